The van der Waals surface area contributed by atoms with Gasteiger partial charge in [0.2, 0.25) is 5.95 Å². The summed E-state index contributed by atoms with van der Waals surface area (Å²) in [6, 6.07) is 20.6. The molecule has 0 atom stereocenters. The Bertz CT molecular complexity index is 967. The highest BCUT2D eigenvalue weighted by Gasteiger charge is 2.03. The Balaban J connectivity index is 1.59. The second-order valence-corrected chi connectivity index (χ2v) is 5.54. The first kappa shape index (κ1) is 14.3. The molecule has 4 nitrogen and oxygen atoms in total. The maximum absolute atomic E-state index is 4.63. The third-order valence-electron chi connectivity index (χ3n) is 3.90. The smallest absolute Gasteiger partial charge is 0.223 e. The van der Waals surface area contributed by atoms with Crippen molar-refractivity contribution < 1.29 is 0 Å². The fourth-order valence-electron chi connectivity index (χ4n) is 2.64. The Labute approximate surface area is 140 Å². The molecule has 0 unspecified atom stereocenters. The van der Waals surface area contributed by atoms with Crippen molar-refractivity contribution in [1.82, 2.24) is 15.0 Å². The van der Waals surface area contributed by atoms with Gasteiger partial charge < -0.3 is 5.32 Å². The van der Waals surface area contributed by atoms with Gasteiger partial charge in [0.05, 0.1) is 5.69 Å². The predicted molar refractivity (Wildman–Crippen MR) is 96.5 cm³/mol. The van der Waals surface area contributed by atoms with Crippen LogP contribution in [-0.2, 0) is 6.54 Å². The second-order valence-electron chi connectivity index (χ2n) is 5.54. The highest BCUT2D eigenvalue weighted by molar-refractivity contribution is 5.86. The zero-order valence-electron chi connectivity index (χ0n) is 13.1. The lowest BCUT2D eigenvalue weighted by Crippen LogP contribution is -2.03. The molecular formula is C20H16N4. The minimum atomic E-state index is 0.623. The number of nitrogens with one attached hydrogen (secondary N) is 1. The van der Waals surface area contributed by atoms with E-state index in [0.717, 1.165) is 16.8 Å². The number of benzene rings is 2. The molecule has 24 heavy (non-hydrogen) atoms. The molecule has 0 fully saturated rings. The molecule has 1 N–H and O–H groups in total. The van der Waals surface area contributed by atoms with Crippen LogP contribution < -0.4 is 5.32 Å². The minimum absolute atomic E-state index is 0.623. The maximum Gasteiger partial charge on any atom is 0.223 e. The summed E-state index contributed by atoms with van der Waals surface area (Å²) in [4.78, 5) is 13.0. The normalized spacial score (nSPS) is 10.7. The molecule has 2 aromatic carbocycles. The Morgan fingerprint density at radius 2 is 1.62 bits per heavy atom. The minimum Gasteiger partial charge on any atom is -0.350 e. The van der Waals surface area contributed by atoms with Gasteiger partial charge in [-0.05, 0) is 40.6 Å². The molecule has 0 aliphatic rings. The summed E-state index contributed by atoms with van der Waals surface area (Å²) in [5, 5.41) is 5.69. The molecule has 0 spiro atoms. The number of aromatic nitrogens is 3. The molecule has 0 radical (unpaired) electrons. The van der Waals surface area contributed by atoms with E-state index in [4.69, 9.17) is 0 Å². The molecule has 2 heterocycles. The number of pyridine rings is 1. The van der Waals surface area contributed by atoms with Gasteiger partial charge >= 0.3 is 0 Å². The number of nitrogens with zero attached hydrogens (tertiary/aromatic N) is 3. The summed E-state index contributed by atoms with van der Waals surface area (Å²) in [7, 11) is 0. The van der Waals surface area contributed by atoms with Gasteiger partial charge in [-0.2, -0.15) is 0 Å². The first-order chi connectivity index (χ1) is 11.9. The van der Waals surface area contributed by atoms with Crippen molar-refractivity contribution in [3.63, 3.8) is 0 Å². The summed E-state index contributed by atoms with van der Waals surface area (Å²) in [5.74, 6) is 0.623. The molecule has 0 aliphatic carbocycles. The van der Waals surface area contributed by atoms with Crippen LogP contribution in [0.15, 0.2) is 79.3 Å². The van der Waals surface area contributed by atoms with Crippen molar-refractivity contribution in [2.45, 2.75) is 6.54 Å². The van der Waals surface area contributed by atoms with Crippen molar-refractivity contribution in [1.29, 1.82) is 0 Å². The van der Waals surface area contributed by atoms with Crippen LogP contribution in [0.3, 0.4) is 0 Å². The summed E-state index contributed by atoms with van der Waals surface area (Å²) in [5.41, 5.74) is 3.14. The largest absolute Gasteiger partial charge is 0.350 e. The van der Waals surface area contributed by atoms with Gasteiger partial charge in [-0.25, -0.2) is 9.97 Å². The van der Waals surface area contributed by atoms with Crippen molar-refractivity contribution in [2.24, 2.45) is 0 Å². The molecule has 4 heteroatoms. The fraction of sp³-hybridized carbons (Fsp3) is 0.0500. The van der Waals surface area contributed by atoms with Crippen LogP contribution in [0.1, 0.15) is 5.56 Å². The van der Waals surface area contributed by atoms with E-state index in [1.165, 1.54) is 10.8 Å². The van der Waals surface area contributed by atoms with E-state index in [0.29, 0.717) is 12.5 Å². The van der Waals surface area contributed by atoms with Gasteiger partial charge in [0.25, 0.3) is 0 Å². The lowest BCUT2D eigenvalue weighted by molar-refractivity contribution is 1.05. The average molecular weight is 312 g/mol. The van der Waals surface area contributed by atoms with Crippen LogP contribution in [0, 0.1) is 0 Å². The van der Waals surface area contributed by atoms with Crippen molar-refractivity contribution in [3.8, 4) is 11.3 Å². The van der Waals surface area contributed by atoms with E-state index in [1.807, 2.05) is 30.3 Å². The average Bonchev–Trinajstić information content (AvgIpc) is 2.67. The third kappa shape index (κ3) is 3.08. The molecule has 0 amide bonds. The van der Waals surface area contributed by atoms with Gasteiger partial charge in [0.15, 0.2) is 0 Å². The van der Waals surface area contributed by atoms with Crippen LogP contribution in [0.25, 0.3) is 22.0 Å². The van der Waals surface area contributed by atoms with Crippen molar-refractivity contribution in [3.05, 3.63) is 84.8 Å². The standard InChI is InChI=1S/C20H16N4/c1-2-4-17-13-18(6-5-16(17)3-1)19-9-12-22-20(24-19)23-14-15-7-10-21-11-8-15/h1-13H,14H2,(H,22,23,24). The van der Waals surface area contributed by atoms with E-state index in [2.05, 4.69) is 50.6 Å². The predicted octanol–water partition coefficient (Wildman–Crippen LogP) is 4.30. The Hall–Kier alpha value is -3.27. The SMILES string of the molecule is c1ccc2cc(-c3ccnc(NCc4ccncc4)n3)ccc2c1. The quantitative estimate of drug-likeness (QED) is 0.610. The number of hydrogen-bond donors (Lipinski definition) is 1. The number of hydrogen-bond acceptors (Lipinski definition) is 4. The first-order valence-corrected chi connectivity index (χ1v) is 7.83. The van der Waals surface area contributed by atoms with Gasteiger partial charge in [-0.1, -0.05) is 36.4 Å². The van der Waals surface area contributed by atoms with Gasteiger partial charge in [-0.3, -0.25) is 4.98 Å². The summed E-state index contributed by atoms with van der Waals surface area (Å²) >= 11 is 0. The second kappa shape index (κ2) is 6.46. The monoisotopic (exact) mass is 312 g/mol. The van der Waals surface area contributed by atoms with Gasteiger partial charge in [0.1, 0.15) is 0 Å². The van der Waals surface area contributed by atoms with E-state index in [9.17, 15) is 0 Å². The summed E-state index contributed by atoms with van der Waals surface area (Å²) in [6.45, 7) is 0.670. The zero-order chi connectivity index (χ0) is 16.2. The van der Waals surface area contributed by atoms with Crippen LogP contribution in [0.4, 0.5) is 5.95 Å². The van der Waals surface area contributed by atoms with Crippen LogP contribution in [0.2, 0.25) is 0 Å². The molecule has 4 aromatic rings. The molecule has 0 aliphatic heterocycles. The topological polar surface area (TPSA) is 50.7 Å². The number of rotatable bonds is 4. The van der Waals surface area contributed by atoms with Crippen molar-refractivity contribution in [2.75, 3.05) is 5.32 Å². The molecule has 116 valence electrons. The maximum atomic E-state index is 4.63. The number of anilines is 1. The van der Waals surface area contributed by atoms with Gasteiger partial charge in [0, 0.05) is 30.7 Å². The lowest BCUT2D eigenvalue weighted by atomic mass is 10.1. The summed E-state index contributed by atoms with van der Waals surface area (Å²) in [6.07, 6.45) is 5.35. The molecule has 4 rings (SSSR count). The van der Waals surface area contributed by atoms with Crippen LogP contribution >= 0.6 is 0 Å². The first-order valence-electron chi connectivity index (χ1n) is 7.83. The lowest BCUT2D eigenvalue weighted by Gasteiger charge is -2.07. The molecule has 0 bridgehead atoms. The highest BCUT2D eigenvalue weighted by Crippen LogP contribution is 2.23. The Morgan fingerprint density at radius 1 is 0.792 bits per heavy atom. The molecule has 2 aromatic heterocycles. The Kier molecular flexibility index (Phi) is 3.86. The Morgan fingerprint density at radius 3 is 2.50 bits per heavy atom. The molecule has 0 saturated heterocycles. The van der Waals surface area contributed by atoms with Crippen LogP contribution in [-0.4, -0.2) is 15.0 Å². The van der Waals surface area contributed by atoms with E-state index in [-0.39, 0.29) is 0 Å². The number of fused-ring (bicyclic) bond motifs is 1. The van der Waals surface area contributed by atoms with E-state index >= 15 is 0 Å². The molecule has 0 saturated carbocycles. The summed E-state index contributed by atoms with van der Waals surface area (Å²) < 4.78 is 0. The van der Waals surface area contributed by atoms with E-state index in [1.54, 1.807) is 18.6 Å². The zero-order valence-corrected chi connectivity index (χ0v) is 13.1. The van der Waals surface area contributed by atoms with E-state index < -0.39 is 0 Å². The van der Waals surface area contributed by atoms with Crippen molar-refractivity contribution >= 4 is 16.7 Å². The third-order valence-corrected chi connectivity index (χ3v) is 3.90. The van der Waals surface area contributed by atoms with Crippen LogP contribution in [0.5, 0.6) is 0 Å². The highest BCUT2D eigenvalue weighted by atomic mass is 15.1. The molecular weight excluding hydrogens is 296 g/mol. The fourth-order valence-corrected chi connectivity index (χ4v) is 2.64. The van der Waals surface area contributed by atoms with Gasteiger partial charge in [-0.15, -0.1) is 0 Å².